The lowest BCUT2D eigenvalue weighted by atomic mass is 10.3. The van der Waals surface area contributed by atoms with Crippen molar-refractivity contribution in [2.24, 2.45) is 0 Å². The first-order chi connectivity index (χ1) is 4.93. The standard InChI is InChI=1S/C7H15NO2/c9-6-5-8-10-7-3-1-2-4-7/h7-9H,1-6H2. The molecule has 60 valence electrons. The normalized spacial score (nSPS) is 20.1. The van der Waals surface area contributed by atoms with E-state index in [0.29, 0.717) is 12.6 Å². The number of aliphatic hydroxyl groups excluding tert-OH is 1. The lowest BCUT2D eigenvalue weighted by Crippen LogP contribution is -2.24. The molecule has 0 saturated heterocycles. The Kier molecular flexibility index (Phi) is 3.72. The molecule has 0 bridgehead atoms. The molecule has 0 aromatic heterocycles. The summed E-state index contributed by atoms with van der Waals surface area (Å²) in [5.74, 6) is 0. The van der Waals surface area contributed by atoms with Gasteiger partial charge in [-0.1, -0.05) is 12.8 Å². The number of hydrogen-bond acceptors (Lipinski definition) is 3. The van der Waals surface area contributed by atoms with Crippen LogP contribution in [0.1, 0.15) is 25.7 Å². The van der Waals surface area contributed by atoms with Gasteiger partial charge in [-0.15, -0.1) is 0 Å². The summed E-state index contributed by atoms with van der Waals surface area (Å²) in [5, 5.41) is 8.40. The van der Waals surface area contributed by atoms with Gasteiger partial charge in [0.1, 0.15) is 0 Å². The monoisotopic (exact) mass is 145 g/mol. The molecule has 1 fully saturated rings. The molecule has 1 aliphatic rings. The van der Waals surface area contributed by atoms with Gasteiger partial charge in [0.15, 0.2) is 0 Å². The van der Waals surface area contributed by atoms with Crippen LogP contribution in [0.5, 0.6) is 0 Å². The Morgan fingerprint density at radius 1 is 1.40 bits per heavy atom. The Balaban J connectivity index is 1.91. The highest BCUT2D eigenvalue weighted by atomic mass is 16.7. The van der Waals surface area contributed by atoms with Crippen LogP contribution in [0.15, 0.2) is 0 Å². The van der Waals surface area contributed by atoms with Gasteiger partial charge in [0.25, 0.3) is 0 Å². The van der Waals surface area contributed by atoms with E-state index in [-0.39, 0.29) is 6.61 Å². The first kappa shape index (κ1) is 7.98. The van der Waals surface area contributed by atoms with Crippen molar-refractivity contribution in [2.45, 2.75) is 31.8 Å². The van der Waals surface area contributed by atoms with E-state index in [2.05, 4.69) is 5.48 Å². The summed E-state index contributed by atoms with van der Waals surface area (Å²) >= 11 is 0. The molecule has 3 nitrogen and oxygen atoms in total. The van der Waals surface area contributed by atoms with Crippen molar-refractivity contribution in [2.75, 3.05) is 13.2 Å². The van der Waals surface area contributed by atoms with Crippen LogP contribution in [0, 0.1) is 0 Å². The second kappa shape index (κ2) is 4.66. The summed E-state index contributed by atoms with van der Waals surface area (Å²) in [5.41, 5.74) is 2.73. The van der Waals surface area contributed by atoms with Crippen LogP contribution in [-0.2, 0) is 4.84 Å². The first-order valence-electron chi connectivity index (χ1n) is 3.93. The van der Waals surface area contributed by atoms with Gasteiger partial charge in [0, 0.05) is 6.54 Å². The fraction of sp³-hybridized carbons (Fsp3) is 1.00. The summed E-state index contributed by atoms with van der Waals surface area (Å²) in [7, 11) is 0. The zero-order chi connectivity index (χ0) is 7.23. The minimum absolute atomic E-state index is 0.146. The van der Waals surface area contributed by atoms with Gasteiger partial charge in [-0.3, -0.25) is 4.84 Å². The molecule has 2 N–H and O–H groups in total. The minimum atomic E-state index is 0.146. The van der Waals surface area contributed by atoms with Crippen LogP contribution in [0.2, 0.25) is 0 Å². The van der Waals surface area contributed by atoms with Gasteiger partial charge in [0.2, 0.25) is 0 Å². The van der Waals surface area contributed by atoms with Crippen molar-refractivity contribution in [3.63, 3.8) is 0 Å². The molecule has 3 heteroatoms. The number of hydroxylamine groups is 1. The third kappa shape index (κ3) is 2.64. The smallest absolute Gasteiger partial charge is 0.0790 e. The highest BCUT2D eigenvalue weighted by molar-refractivity contribution is 4.65. The maximum absolute atomic E-state index is 8.40. The van der Waals surface area contributed by atoms with E-state index in [1.807, 2.05) is 0 Å². The first-order valence-corrected chi connectivity index (χ1v) is 3.93. The molecule has 1 aliphatic carbocycles. The number of nitrogens with one attached hydrogen (secondary N) is 1. The SMILES string of the molecule is OCCNOC1CCCC1. The number of hydrogen-bond donors (Lipinski definition) is 2. The molecule has 0 aromatic carbocycles. The van der Waals surface area contributed by atoms with Crippen LogP contribution in [0.3, 0.4) is 0 Å². The molecule has 0 spiro atoms. The van der Waals surface area contributed by atoms with E-state index < -0.39 is 0 Å². The van der Waals surface area contributed by atoms with Gasteiger partial charge in [-0.05, 0) is 12.8 Å². The number of rotatable bonds is 4. The third-order valence-electron chi connectivity index (χ3n) is 1.77. The van der Waals surface area contributed by atoms with Crippen LogP contribution >= 0.6 is 0 Å². The molecule has 0 heterocycles. The average molecular weight is 145 g/mol. The van der Waals surface area contributed by atoms with Crippen molar-refractivity contribution >= 4 is 0 Å². The fourth-order valence-electron chi connectivity index (χ4n) is 1.23. The molecule has 0 unspecified atom stereocenters. The van der Waals surface area contributed by atoms with Gasteiger partial charge >= 0.3 is 0 Å². The molecule has 0 radical (unpaired) electrons. The minimum Gasteiger partial charge on any atom is -0.395 e. The van der Waals surface area contributed by atoms with Crippen molar-refractivity contribution in [3.05, 3.63) is 0 Å². The Hall–Kier alpha value is -0.120. The van der Waals surface area contributed by atoms with Crippen LogP contribution in [0.25, 0.3) is 0 Å². The molecule has 0 amide bonds. The molecule has 10 heavy (non-hydrogen) atoms. The molecule has 0 aliphatic heterocycles. The highest BCUT2D eigenvalue weighted by Crippen LogP contribution is 2.19. The summed E-state index contributed by atoms with van der Waals surface area (Å²) in [6, 6.07) is 0. The summed E-state index contributed by atoms with van der Waals surface area (Å²) in [6.45, 7) is 0.684. The lowest BCUT2D eigenvalue weighted by molar-refractivity contribution is -0.0258. The Morgan fingerprint density at radius 3 is 2.70 bits per heavy atom. The summed E-state index contributed by atoms with van der Waals surface area (Å²) in [6.07, 6.45) is 5.29. The van der Waals surface area contributed by atoms with Crippen molar-refractivity contribution in [3.8, 4) is 0 Å². The molecular weight excluding hydrogens is 130 g/mol. The molecule has 0 aromatic rings. The van der Waals surface area contributed by atoms with E-state index in [1.165, 1.54) is 25.7 Å². The molecule has 0 atom stereocenters. The number of aliphatic hydroxyl groups is 1. The molecular formula is C7H15NO2. The maximum Gasteiger partial charge on any atom is 0.0790 e. The summed E-state index contributed by atoms with van der Waals surface area (Å²) in [4.78, 5) is 5.23. The largest absolute Gasteiger partial charge is 0.395 e. The van der Waals surface area contributed by atoms with Crippen molar-refractivity contribution in [1.29, 1.82) is 0 Å². The summed E-state index contributed by atoms with van der Waals surface area (Å²) < 4.78 is 0. The van der Waals surface area contributed by atoms with Crippen LogP contribution in [0.4, 0.5) is 0 Å². The molecule has 1 saturated carbocycles. The quantitative estimate of drug-likeness (QED) is 0.445. The van der Waals surface area contributed by atoms with E-state index in [1.54, 1.807) is 0 Å². The van der Waals surface area contributed by atoms with Gasteiger partial charge in [-0.25, -0.2) is 0 Å². The highest BCUT2D eigenvalue weighted by Gasteiger charge is 2.14. The zero-order valence-electron chi connectivity index (χ0n) is 6.18. The van der Waals surface area contributed by atoms with Crippen LogP contribution in [-0.4, -0.2) is 24.4 Å². The van der Waals surface area contributed by atoms with E-state index in [0.717, 1.165) is 0 Å². The maximum atomic E-state index is 8.40. The van der Waals surface area contributed by atoms with Crippen molar-refractivity contribution in [1.82, 2.24) is 5.48 Å². The predicted molar refractivity (Wildman–Crippen MR) is 38.4 cm³/mol. The lowest BCUT2D eigenvalue weighted by Gasteiger charge is -2.09. The predicted octanol–water partition coefficient (Wildman–Crippen LogP) is 0.442. The van der Waals surface area contributed by atoms with Crippen molar-refractivity contribution < 1.29 is 9.94 Å². The van der Waals surface area contributed by atoms with E-state index >= 15 is 0 Å². The Labute approximate surface area is 61.3 Å². The Bertz CT molecular complexity index is 81.7. The molecule has 1 rings (SSSR count). The van der Waals surface area contributed by atoms with Gasteiger partial charge in [-0.2, -0.15) is 5.48 Å². The average Bonchev–Trinajstić information content (AvgIpc) is 2.41. The third-order valence-corrected chi connectivity index (χ3v) is 1.77. The van der Waals surface area contributed by atoms with Crippen LogP contribution < -0.4 is 5.48 Å². The Morgan fingerprint density at radius 2 is 2.10 bits per heavy atom. The second-order valence-electron chi connectivity index (χ2n) is 2.64. The fourth-order valence-corrected chi connectivity index (χ4v) is 1.23. The zero-order valence-corrected chi connectivity index (χ0v) is 6.18. The van der Waals surface area contributed by atoms with Gasteiger partial charge in [0.05, 0.1) is 12.7 Å². The van der Waals surface area contributed by atoms with Gasteiger partial charge < -0.3 is 5.11 Å². The topological polar surface area (TPSA) is 41.5 Å². The second-order valence-corrected chi connectivity index (χ2v) is 2.64. The van der Waals surface area contributed by atoms with E-state index in [4.69, 9.17) is 9.94 Å². The van der Waals surface area contributed by atoms with E-state index in [9.17, 15) is 0 Å².